The molecule has 4 fully saturated rings. The molecule has 0 N–H and O–H groups in total. The van der Waals surface area contributed by atoms with E-state index in [1.54, 1.807) is 7.11 Å². The summed E-state index contributed by atoms with van der Waals surface area (Å²) in [5.41, 5.74) is 13.5. The Morgan fingerprint density at radius 3 is 0.895 bits per heavy atom. The van der Waals surface area contributed by atoms with Gasteiger partial charge in [0.15, 0.2) is 0 Å². The molecule has 11 heteroatoms. The van der Waals surface area contributed by atoms with Gasteiger partial charge in [0.1, 0.15) is 0 Å². The molecule has 8 aromatic carbocycles. The highest BCUT2D eigenvalue weighted by Crippen LogP contribution is 2.43. The van der Waals surface area contributed by atoms with Crippen LogP contribution in [0.4, 0.5) is 0 Å². The topological polar surface area (TPSA) is 64.6 Å². The quantitative estimate of drug-likeness (QED) is 0.133. The molecular formula is C75H92B3BrO7. The molecule has 0 atom stereocenters. The second-order valence-corrected chi connectivity index (χ2v) is 26.1. The minimum Gasteiger partial charge on any atom is -0.405 e. The lowest BCUT2D eigenvalue weighted by Gasteiger charge is -2.32. The van der Waals surface area contributed by atoms with Gasteiger partial charge in [0.25, 0.3) is 0 Å². The summed E-state index contributed by atoms with van der Waals surface area (Å²) in [6, 6.07) is 72.8. The molecule has 0 unspecified atom stereocenters. The smallest absolute Gasteiger partial charge is 0.405 e. The van der Waals surface area contributed by atoms with E-state index in [1.807, 2.05) is 69.2 Å². The van der Waals surface area contributed by atoms with Gasteiger partial charge in [0.2, 0.25) is 0 Å². The summed E-state index contributed by atoms with van der Waals surface area (Å²) in [5, 5.41) is 0. The van der Waals surface area contributed by atoms with Crippen LogP contribution in [0, 0.1) is 0 Å². The fourth-order valence-corrected chi connectivity index (χ4v) is 10.8. The average Bonchev–Trinajstić information content (AvgIpc) is 1.84. The number of hydrogen-bond acceptors (Lipinski definition) is 7. The van der Waals surface area contributed by atoms with E-state index in [4.69, 9.17) is 32.7 Å². The third-order valence-corrected chi connectivity index (χ3v) is 18.1. The van der Waals surface area contributed by atoms with Crippen molar-refractivity contribution in [1.82, 2.24) is 0 Å². The van der Waals surface area contributed by atoms with Crippen LogP contribution in [0.25, 0.3) is 66.8 Å². The normalized spacial score (nSPS) is 18.2. The van der Waals surface area contributed by atoms with Crippen molar-refractivity contribution in [2.45, 2.75) is 170 Å². The Morgan fingerprint density at radius 1 is 0.337 bits per heavy atom. The predicted molar refractivity (Wildman–Crippen MR) is 368 cm³/mol. The number of halogens is 1. The average molecular weight is 1220 g/mol. The van der Waals surface area contributed by atoms with Gasteiger partial charge in [0, 0.05) is 11.6 Å². The van der Waals surface area contributed by atoms with Crippen molar-refractivity contribution in [1.29, 1.82) is 0 Å². The maximum Gasteiger partial charge on any atom is 0.494 e. The van der Waals surface area contributed by atoms with E-state index in [-0.39, 0.29) is 48.2 Å². The molecule has 0 amide bonds. The zero-order chi connectivity index (χ0) is 61.2. The molecule has 3 saturated heterocycles. The van der Waals surface area contributed by atoms with E-state index in [2.05, 4.69) is 250 Å². The van der Waals surface area contributed by atoms with E-state index < -0.39 is 14.0 Å². The number of ether oxygens (including phenoxy) is 1. The fourth-order valence-electron chi connectivity index (χ4n) is 10.4. The van der Waals surface area contributed by atoms with Crippen LogP contribution in [0.5, 0.6) is 0 Å². The Labute approximate surface area is 526 Å². The van der Waals surface area contributed by atoms with Gasteiger partial charge in [-0.2, -0.15) is 0 Å². The first-order valence-electron chi connectivity index (χ1n) is 30.4. The minimum atomic E-state index is -0.476. The molecule has 4 aliphatic rings. The van der Waals surface area contributed by atoms with Crippen molar-refractivity contribution >= 4 is 42.5 Å². The molecule has 1 saturated carbocycles. The van der Waals surface area contributed by atoms with Crippen molar-refractivity contribution in [3.8, 4) is 66.8 Å². The van der Waals surface area contributed by atoms with Crippen LogP contribution >= 0.6 is 15.9 Å². The largest absolute Gasteiger partial charge is 0.494 e. The van der Waals surface area contributed by atoms with E-state index in [9.17, 15) is 0 Å². The lowest BCUT2D eigenvalue weighted by molar-refractivity contribution is 0.00578. The predicted octanol–water partition coefficient (Wildman–Crippen LogP) is 19.9. The van der Waals surface area contributed by atoms with Crippen molar-refractivity contribution in [3.63, 3.8) is 0 Å². The Kier molecular flexibility index (Phi) is 22.8. The van der Waals surface area contributed by atoms with Crippen molar-refractivity contribution in [2.24, 2.45) is 0 Å². The summed E-state index contributed by atoms with van der Waals surface area (Å²) in [5.74, 6) is 0. The summed E-state index contributed by atoms with van der Waals surface area (Å²) in [7, 11) is 0.489. The second kappa shape index (κ2) is 29.0. The maximum absolute atomic E-state index is 6.27. The first-order valence-corrected chi connectivity index (χ1v) is 31.2. The molecule has 0 radical (unpaired) electrons. The Balaban J connectivity index is 0.000000177. The van der Waals surface area contributed by atoms with E-state index in [0.717, 1.165) is 15.5 Å². The van der Waals surface area contributed by atoms with E-state index in [1.165, 1.54) is 86.9 Å². The van der Waals surface area contributed by atoms with Crippen molar-refractivity contribution < 1.29 is 32.7 Å². The fraction of sp³-hybridized carbons (Fsp3) is 0.360. The molecule has 3 aliphatic heterocycles. The third-order valence-electron chi connectivity index (χ3n) is 17.6. The molecule has 12 rings (SSSR count). The van der Waals surface area contributed by atoms with Gasteiger partial charge in [-0.25, -0.2) is 0 Å². The highest BCUT2D eigenvalue weighted by molar-refractivity contribution is 9.10. The summed E-state index contributed by atoms with van der Waals surface area (Å²) < 4.78 is 42.6. The monoisotopic (exact) mass is 1220 g/mol. The van der Waals surface area contributed by atoms with Gasteiger partial charge < -0.3 is 32.7 Å². The van der Waals surface area contributed by atoms with Crippen molar-refractivity contribution in [2.75, 3.05) is 7.11 Å². The van der Waals surface area contributed by atoms with Gasteiger partial charge in [-0.15, -0.1) is 0 Å². The summed E-state index contributed by atoms with van der Waals surface area (Å²) in [4.78, 5) is 0. The van der Waals surface area contributed by atoms with E-state index >= 15 is 0 Å². The minimum absolute atomic E-state index is 0. The van der Waals surface area contributed by atoms with Gasteiger partial charge in [-0.1, -0.05) is 220 Å². The van der Waals surface area contributed by atoms with Gasteiger partial charge in [0.05, 0.1) is 39.7 Å². The zero-order valence-electron chi connectivity index (χ0n) is 53.0. The van der Waals surface area contributed by atoms with Crippen LogP contribution in [-0.4, -0.2) is 68.0 Å². The maximum atomic E-state index is 6.27. The Hall–Kier alpha value is -5.85. The molecule has 0 aromatic heterocycles. The Bertz CT molecular complexity index is 3350. The van der Waals surface area contributed by atoms with Gasteiger partial charge in [-0.3, -0.25) is 0 Å². The third kappa shape index (κ3) is 16.5. The number of methoxy groups -OCH3 is 1. The van der Waals surface area contributed by atoms with Crippen LogP contribution in [-0.2, 0) is 32.7 Å². The molecule has 7 nitrogen and oxygen atoms in total. The molecule has 8 aromatic rings. The first kappa shape index (κ1) is 67.7. The summed E-state index contributed by atoms with van der Waals surface area (Å²) in [6.45, 7) is 28.6. The van der Waals surface area contributed by atoms with Gasteiger partial charge in [-0.05, 0) is 205 Å². The highest BCUT2D eigenvalue weighted by Gasteiger charge is 2.63. The molecule has 0 bridgehead atoms. The Morgan fingerprint density at radius 2 is 0.593 bits per heavy atom. The SMILES string of the molecule is Brc1cccc(-c2cccc(-c3cccc(-c4ccccc4)c3)c2)c1.C.CC.CC1(C)OB(B2OC(C)(C)C(C)(C)O2)OC1(C)C.CC1(C)OB(c2cccc(-c3cccc(-c4cccc(-c5ccccc5)c4)c3)c2)OC1(C)C.COC1CCCC1. The lowest BCUT2D eigenvalue weighted by Crippen LogP contribution is -2.41. The molecule has 450 valence electrons. The molecule has 1 aliphatic carbocycles. The lowest BCUT2D eigenvalue weighted by atomic mass is 9.49. The van der Waals surface area contributed by atoms with Crippen LogP contribution in [0.15, 0.2) is 211 Å². The van der Waals surface area contributed by atoms with Crippen LogP contribution in [0.2, 0.25) is 0 Å². The van der Waals surface area contributed by atoms with Crippen LogP contribution in [0.3, 0.4) is 0 Å². The van der Waals surface area contributed by atoms with E-state index in [0.29, 0.717) is 6.10 Å². The summed E-state index contributed by atoms with van der Waals surface area (Å²) in [6.07, 6.45) is 5.92. The standard InChI is InChI=1S/C30H29BO2.C24H17Br.C12H24B2O4.C6H12O.C2H6.CH4/c1-29(2)30(3,4)33-31(32-29)28-18-10-17-27(21-28)26-16-9-15-25(20-26)24-14-8-13-23(19-24)22-11-6-5-7-12-22;25-24-14-6-13-23(17-24)22-12-5-11-21(16-22)20-10-4-9-19(15-20)18-7-2-1-3-8-18;1-9(2)10(3,4)16-13(15-9)14-17-11(5,6)12(7,8)18-14;1-7-6-4-2-3-5-6;1-2;/h5-21H,1-4H3;1-17H;1-8H3;6H,2-5H2,1H3;1-2H3;1H4. The van der Waals surface area contributed by atoms with Crippen molar-refractivity contribution in [3.05, 3.63) is 211 Å². The number of rotatable bonds is 9. The van der Waals surface area contributed by atoms with Gasteiger partial charge >= 0.3 is 21.1 Å². The van der Waals surface area contributed by atoms with Crippen LogP contribution < -0.4 is 5.46 Å². The number of benzene rings is 8. The molecule has 86 heavy (non-hydrogen) atoms. The first-order chi connectivity index (χ1) is 40.4. The van der Waals surface area contributed by atoms with Crippen LogP contribution in [0.1, 0.15) is 130 Å². The molecular weight excluding hydrogens is 1130 g/mol. The molecule has 0 spiro atoms. The highest BCUT2D eigenvalue weighted by atomic mass is 79.9. The molecule has 3 heterocycles. The summed E-state index contributed by atoms with van der Waals surface area (Å²) >= 11 is 3.56. The second-order valence-electron chi connectivity index (χ2n) is 25.2. The number of hydrogen-bond donors (Lipinski definition) is 0. The zero-order valence-corrected chi connectivity index (χ0v) is 54.6.